The summed E-state index contributed by atoms with van der Waals surface area (Å²) in [5.41, 5.74) is 25.5. The van der Waals surface area contributed by atoms with E-state index in [9.17, 15) is 0 Å². The summed E-state index contributed by atoms with van der Waals surface area (Å²) in [5.74, 6) is 0. The van der Waals surface area contributed by atoms with Crippen molar-refractivity contribution in [3.8, 4) is 89.1 Å². The topological polar surface area (TPSA) is 77.3 Å². The van der Waals surface area contributed by atoms with Crippen LogP contribution in [0, 0.1) is 13.8 Å². The molecule has 6 nitrogen and oxygen atoms in total. The number of aromatic nitrogens is 6. The van der Waals surface area contributed by atoms with Crippen molar-refractivity contribution in [1.82, 2.24) is 29.9 Å². The lowest BCUT2D eigenvalue weighted by molar-refractivity contribution is 1.23. The third-order valence-electron chi connectivity index (χ3n) is 20.1. The SMILES string of the molecule is Cc1cc(-c2ccccc2)c2ccc3c(-c4ccccc4)cc(C)nc3c2n1.c1ccc(-c2ccnc3c2ccc2c(-c4ccccc4)ccnc23)cc1.c1ccc2cc(-c3c4ccccc4c(-c4ccc5ccccc5c4)c4cc(-c5ccc(-c6cnc7ccccc7c6)nc5)ccc34)ccc2c1. The lowest BCUT2D eigenvalue weighted by atomic mass is 9.84. The van der Waals surface area contributed by atoms with Crippen LogP contribution in [-0.2, 0) is 0 Å². The zero-order chi connectivity index (χ0) is 69.5. The lowest BCUT2D eigenvalue weighted by Gasteiger charge is -2.19. The van der Waals surface area contributed by atoms with Gasteiger partial charge in [-0.3, -0.25) is 29.9 Å². The molecule has 0 radical (unpaired) electrons. The molecule has 20 rings (SSSR count). The summed E-state index contributed by atoms with van der Waals surface area (Å²) in [7, 11) is 0. The molecule has 0 aliphatic rings. The minimum Gasteiger partial charge on any atom is -0.256 e. The van der Waals surface area contributed by atoms with Gasteiger partial charge in [0.25, 0.3) is 0 Å². The van der Waals surface area contributed by atoms with Gasteiger partial charge in [0.15, 0.2) is 0 Å². The van der Waals surface area contributed by atoms with Crippen molar-refractivity contribution in [3.05, 3.63) is 376 Å². The molecule has 0 spiro atoms. The van der Waals surface area contributed by atoms with Gasteiger partial charge in [-0.2, -0.15) is 0 Å². The minimum absolute atomic E-state index is 0.911. The highest BCUT2D eigenvalue weighted by Crippen LogP contribution is 2.47. The van der Waals surface area contributed by atoms with Crippen molar-refractivity contribution in [3.63, 3.8) is 0 Å². The van der Waals surface area contributed by atoms with Crippen LogP contribution in [0.2, 0.25) is 0 Å². The first kappa shape index (κ1) is 62.6. The van der Waals surface area contributed by atoms with E-state index in [4.69, 9.17) is 15.0 Å². The monoisotopic (exact) mass is 1330 g/mol. The Morgan fingerprint density at radius 2 is 0.577 bits per heavy atom. The number of hydrogen-bond acceptors (Lipinski definition) is 6. The molecule has 0 saturated carbocycles. The van der Waals surface area contributed by atoms with Crippen molar-refractivity contribution in [1.29, 1.82) is 0 Å². The van der Waals surface area contributed by atoms with E-state index in [1.807, 2.05) is 67.3 Å². The number of benzene rings is 14. The van der Waals surface area contributed by atoms with E-state index in [1.54, 1.807) is 0 Å². The van der Waals surface area contributed by atoms with Gasteiger partial charge < -0.3 is 0 Å². The number of pyridine rings is 6. The molecule has 0 atom stereocenters. The molecule has 0 unspecified atom stereocenters. The molecule has 488 valence electrons. The second-order valence-corrected chi connectivity index (χ2v) is 26.5. The molecule has 0 amide bonds. The Morgan fingerprint density at radius 1 is 0.202 bits per heavy atom. The first-order chi connectivity index (χ1) is 51.4. The molecule has 0 saturated heterocycles. The first-order valence-electron chi connectivity index (χ1n) is 35.3. The van der Waals surface area contributed by atoms with E-state index < -0.39 is 0 Å². The van der Waals surface area contributed by atoms with Crippen LogP contribution in [-0.4, -0.2) is 29.9 Å². The third-order valence-corrected chi connectivity index (χ3v) is 20.1. The minimum atomic E-state index is 0.911. The average molecular weight is 1330 g/mol. The Hall–Kier alpha value is -13.7. The summed E-state index contributed by atoms with van der Waals surface area (Å²) in [5, 5.41) is 15.6. The molecule has 6 heterocycles. The maximum Gasteiger partial charge on any atom is 0.0974 e. The maximum atomic E-state index is 4.93. The molecule has 20 aromatic rings. The van der Waals surface area contributed by atoms with Crippen LogP contribution >= 0.6 is 0 Å². The van der Waals surface area contributed by atoms with Crippen molar-refractivity contribution < 1.29 is 0 Å². The normalized spacial score (nSPS) is 11.4. The van der Waals surface area contributed by atoms with E-state index in [0.29, 0.717) is 0 Å². The Morgan fingerprint density at radius 3 is 1.07 bits per heavy atom. The number of para-hydroxylation sites is 1. The molecule has 0 aliphatic heterocycles. The molecule has 104 heavy (non-hydrogen) atoms. The van der Waals surface area contributed by atoms with Gasteiger partial charge in [-0.15, -0.1) is 0 Å². The summed E-state index contributed by atoms with van der Waals surface area (Å²) in [6.45, 7) is 4.11. The smallest absolute Gasteiger partial charge is 0.0974 e. The summed E-state index contributed by atoms with van der Waals surface area (Å²) in [6, 6.07) is 120. The number of aryl methyl sites for hydroxylation is 2. The maximum absolute atomic E-state index is 4.93. The zero-order valence-corrected chi connectivity index (χ0v) is 57.3. The van der Waals surface area contributed by atoms with E-state index in [0.717, 1.165) is 88.3 Å². The average Bonchev–Trinajstić information content (AvgIpc) is 0.735. The van der Waals surface area contributed by atoms with E-state index >= 15 is 0 Å². The molecule has 6 heteroatoms. The van der Waals surface area contributed by atoms with Crippen molar-refractivity contribution in [2.24, 2.45) is 0 Å². The molecular weight excluding hydrogens is 1260 g/mol. The van der Waals surface area contributed by atoms with Gasteiger partial charge in [-0.1, -0.05) is 279 Å². The number of rotatable bonds is 8. The highest BCUT2D eigenvalue weighted by molar-refractivity contribution is 6.23. The summed E-state index contributed by atoms with van der Waals surface area (Å²) < 4.78 is 0. The van der Waals surface area contributed by atoms with E-state index in [2.05, 4.69) is 326 Å². The fourth-order valence-corrected chi connectivity index (χ4v) is 15.1. The fraction of sp³-hybridized carbons (Fsp3) is 0.0204. The standard InChI is InChI=1S/C48H30N2.C26H20N2.C24H16N2/c1-3-11-33-25-37(19-17-31(33)9-1)47-41-14-6-7-15-42(41)48(38-20-18-32-10-2-4-12-34(32)26-38)44-28-35(21-23-43(44)47)39-22-24-46(49-29-39)40-27-36-13-5-8-16-45(36)50-30-40;1-17-15-23(19-9-5-3-6-10-19)21-13-14-22-24(20-11-7-4-8-12-20)16-18(2)28-26(22)25(21)27-17;1-3-7-17(8-4-1)19-13-15-25-23-21(19)11-12-22-20(14-16-26-24(22)23)18-9-5-2-6-10-18/h1-30H;3-16H,1-2H3;1-16H. The van der Waals surface area contributed by atoms with Crippen molar-refractivity contribution in [2.75, 3.05) is 0 Å². The molecule has 0 N–H and O–H groups in total. The Kier molecular flexibility index (Phi) is 16.3. The van der Waals surface area contributed by atoms with Crippen LogP contribution in [0.4, 0.5) is 0 Å². The van der Waals surface area contributed by atoms with Crippen LogP contribution in [0.1, 0.15) is 11.4 Å². The Labute approximate surface area is 602 Å². The first-order valence-corrected chi connectivity index (χ1v) is 35.3. The predicted octanol–water partition coefficient (Wildman–Crippen LogP) is 25.8. The van der Waals surface area contributed by atoms with Crippen molar-refractivity contribution >= 4 is 97.6 Å². The number of hydrogen-bond donors (Lipinski definition) is 0. The summed E-state index contributed by atoms with van der Waals surface area (Å²) in [6.07, 6.45) is 7.66. The van der Waals surface area contributed by atoms with Gasteiger partial charge in [-0.05, 0) is 190 Å². The van der Waals surface area contributed by atoms with Gasteiger partial charge >= 0.3 is 0 Å². The zero-order valence-electron chi connectivity index (χ0n) is 57.3. The molecule has 14 aromatic carbocycles. The molecular formula is C98H66N6. The lowest BCUT2D eigenvalue weighted by Crippen LogP contribution is -1.94. The molecule has 0 aliphatic carbocycles. The Balaban J connectivity index is 0.000000121. The van der Waals surface area contributed by atoms with Crippen LogP contribution in [0.3, 0.4) is 0 Å². The van der Waals surface area contributed by atoms with Gasteiger partial charge in [0, 0.05) is 74.2 Å². The molecule has 0 fully saturated rings. The van der Waals surface area contributed by atoms with Crippen LogP contribution < -0.4 is 0 Å². The van der Waals surface area contributed by atoms with Crippen LogP contribution in [0.15, 0.2) is 365 Å². The second-order valence-electron chi connectivity index (χ2n) is 26.5. The largest absolute Gasteiger partial charge is 0.256 e. The quantitative estimate of drug-likeness (QED) is 0.111. The summed E-state index contributed by atoms with van der Waals surface area (Å²) in [4.78, 5) is 28.7. The Bertz CT molecular complexity index is 6460. The van der Waals surface area contributed by atoms with Crippen LogP contribution in [0.5, 0.6) is 0 Å². The van der Waals surface area contributed by atoms with Crippen molar-refractivity contribution in [2.45, 2.75) is 13.8 Å². The van der Waals surface area contributed by atoms with E-state index in [1.165, 1.54) is 110 Å². The second kappa shape index (κ2) is 27.1. The van der Waals surface area contributed by atoms with Gasteiger partial charge in [-0.25, -0.2) is 0 Å². The summed E-state index contributed by atoms with van der Waals surface area (Å²) >= 11 is 0. The third kappa shape index (κ3) is 11.9. The van der Waals surface area contributed by atoms with Gasteiger partial charge in [0.1, 0.15) is 0 Å². The van der Waals surface area contributed by atoms with E-state index in [-0.39, 0.29) is 0 Å². The highest BCUT2D eigenvalue weighted by Gasteiger charge is 2.20. The van der Waals surface area contributed by atoms with Gasteiger partial charge in [0.2, 0.25) is 0 Å². The fourth-order valence-electron chi connectivity index (χ4n) is 15.1. The highest BCUT2D eigenvalue weighted by atomic mass is 14.8. The molecule has 6 aromatic heterocycles. The number of fused-ring (bicyclic) bond motifs is 11. The van der Waals surface area contributed by atoms with Gasteiger partial charge in [0.05, 0.1) is 33.3 Å². The number of nitrogens with zero attached hydrogens (tertiary/aromatic N) is 6. The van der Waals surface area contributed by atoms with Crippen LogP contribution in [0.25, 0.3) is 187 Å². The predicted molar refractivity (Wildman–Crippen MR) is 437 cm³/mol. The molecule has 0 bridgehead atoms.